The standard InChI is InChI=1S/C34H33BrN2O4S/c1-6-40-33(39)29-30(23-10-8-7-9-11-23)36-34-37(31(29)24-14-12-22(13-15-24)20(2)3)32(38)28(42-34)19-25-18-26(35)16-17-27(25)41-21(4)5/h7-21,31H,6H2,1-5H3/b28-19+/t31-/m0/s1. The molecule has 0 amide bonds. The van der Waals surface area contributed by atoms with Crippen LogP contribution in [0.3, 0.4) is 0 Å². The van der Waals surface area contributed by atoms with E-state index >= 15 is 0 Å². The van der Waals surface area contributed by atoms with Crippen molar-refractivity contribution >= 4 is 45.0 Å². The second-order valence-electron chi connectivity index (χ2n) is 10.6. The van der Waals surface area contributed by atoms with Crippen molar-refractivity contribution in [3.63, 3.8) is 0 Å². The predicted molar refractivity (Wildman–Crippen MR) is 171 cm³/mol. The number of halogens is 1. The average Bonchev–Trinajstić information content (AvgIpc) is 3.28. The lowest BCUT2D eigenvalue weighted by Crippen LogP contribution is -2.40. The van der Waals surface area contributed by atoms with Crippen molar-refractivity contribution in [3.05, 3.63) is 125 Å². The molecule has 1 aliphatic rings. The zero-order chi connectivity index (χ0) is 30.0. The van der Waals surface area contributed by atoms with E-state index in [0.29, 0.717) is 32.3 Å². The fourth-order valence-corrected chi connectivity index (χ4v) is 6.32. The minimum absolute atomic E-state index is 0.0334. The van der Waals surface area contributed by atoms with Crippen molar-refractivity contribution in [1.29, 1.82) is 0 Å². The first-order valence-corrected chi connectivity index (χ1v) is 15.6. The summed E-state index contributed by atoms with van der Waals surface area (Å²) in [4.78, 5) is 33.3. The van der Waals surface area contributed by atoms with Crippen LogP contribution in [0.2, 0.25) is 0 Å². The van der Waals surface area contributed by atoms with E-state index in [1.54, 1.807) is 11.5 Å². The molecular weight excluding hydrogens is 612 g/mol. The van der Waals surface area contributed by atoms with Gasteiger partial charge < -0.3 is 9.47 Å². The maximum absolute atomic E-state index is 14.2. The minimum Gasteiger partial charge on any atom is -0.490 e. The number of ether oxygens (including phenoxy) is 2. The number of carbonyl (C=O) groups excluding carboxylic acids is 1. The van der Waals surface area contributed by atoms with Crippen molar-refractivity contribution in [1.82, 2.24) is 4.57 Å². The smallest absolute Gasteiger partial charge is 0.338 e. The van der Waals surface area contributed by atoms with E-state index in [9.17, 15) is 9.59 Å². The van der Waals surface area contributed by atoms with Gasteiger partial charge in [-0.2, -0.15) is 0 Å². The van der Waals surface area contributed by atoms with Crippen molar-refractivity contribution in [3.8, 4) is 5.75 Å². The Bertz CT molecular complexity index is 1820. The normalized spacial score (nSPS) is 15.1. The third-order valence-corrected chi connectivity index (χ3v) is 8.39. The van der Waals surface area contributed by atoms with Gasteiger partial charge in [-0.3, -0.25) is 9.36 Å². The highest BCUT2D eigenvalue weighted by Gasteiger charge is 2.35. The van der Waals surface area contributed by atoms with Crippen molar-refractivity contribution in [2.45, 2.75) is 52.7 Å². The van der Waals surface area contributed by atoms with Crippen molar-refractivity contribution in [2.24, 2.45) is 4.99 Å². The molecule has 216 valence electrons. The maximum atomic E-state index is 14.2. The van der Waals surface area contributed by atoms with Crippen LogP contribution in [0.4, 0.5) is 0 Å². The summed E-state index contributed by atoms with van der Waals surface area (Å²) < 4.78 is 14.6. The fourth-order valence-electron chi connectivity index (χ4n) is 4.95. The molecule has 8 heteroatoms. The molecule has 0 bridgehead atoms. The molecule has 0 saturated carbocycles. The number of carbonyl (C=O) groups is 1. The molecule has 0 unspecified atom stereocenters. The lowest BCUT2D eigenvalue weighted by molar-refractivity contribution is -0.138. The van der Waals surface area contributed by atoms with Crippen LogP contribution < -0.4 is 19.6 Å². The second-order valence-corrected chi connectivity index (χ2v) is 12.5. The van der Waals surface area contributed by atoms with Crippen molar-refractivity contribution in [2.75, 3.05) is 6.61 Å². The molecule has 0 saturated heterocycles. The Labute approximate surface area is 257 Å². The van der Waals surface area contributed by atoms with Crippen LogP contribution in [-0.2, 0) is 9.53 Å². The number of rotatable bonds is 8. The van der Waals surface area contributed by atoms with E-state index in [-0.39, 0.29) is 18.3 Å². The summed E-state index contributed by atoms with van der Waals surface area (Å²) in [6, 6.07) is 22.7. The van der Waals surface area contributed by atoms with Gasteiger partial charge >= 0.3 is 5.97 Å². The predicted octanol–water partition coefficient (Wildman–Crippen LogP) is 6.61. The molecule has 1 atom stereocenters. The lowest BCUT2D eigenvalue weighted by Gasteiger charge is -2.26. The van der Waals surface area contributed by atoms with Gasteiger partial charge in [0.1, 0.15) is 5.75 Å². The maximum Gasteiger partial charge on any atom is 0.338 e. The van der Waals surface area contributed by atoms with Gasteiger partial charge in [-0.25, -0.2) is 9.79 Å². The number of aromatic nitrogens is 1. The summed E-state index contributed by atoms with van der Waals surface area (Å²) in [5, 5.41) is 0. The van der Waals surface area contributed by atoms with Gasteiger partial charge in [-0.05, 0) is 62.1 Å². The Morgan fingerprint density at radius 3 is 2.40 bits per heavy atom. The number of hydrogen-bond donors (Lipinski definition) is 0. The molecule has 0 radical (unpaired) electrons. The summed E-state index contributed by atoms with van der Waals surface area (Å²) in [5.41, 5.74) is 4.14. The molecule has 0 spiro atoms. The largest absolute Gasteiger partial charge is 0.490 e. The molecule has 4 aromatic rings. The quantitative estimate of drug-likeness (QED) is 0.202. The summed E-state index contributed by atoms with van der Waals surface area (Å²) in [5.74, 6) is 0.525. The van der Waals surface area contributed by atoms with E-state index in [2.05, 4.69) is 41.9 Å². The van der Waals surface area contributed by atoms with Gasteiger partial charge in [-0.15, -0.1) is 0 Å². The van der Waals surface area contributed by atoms with E-state index < -0.39 is 12.0 Å². The lowest BCUT2D eigenvalue weighted by atomic mass is 9.91. The Morgan fingerprint density at radius 1 is 1.05 bits per heavy atom. The fraction of sp³-hybridized carbons (Fsp3) is 0.265. The molecule has 0 N–H and O–H groups in total. The summed E-state index contributed by atoms with van der Waals surface area (Å²) in [7, 11) is 0. The van der Waals surface area contributed by atoms with Gasteiger partial charge in [-0.1, -0.05) is 95.7 Å². The van der Waals surface area contributed by atoms with Crippen LogP contribution >= 0.6 is 27.3 Å². The zero-order valence-corrected chi connectivity index (χ0v) is 26.7. The molecule has 3 aromatic carbocycles. The second kappa shape index (κ2) is 12.6. The average molecular weight is 646 g/mol. The van der Waals surface area contributed by atoms with Gasteiger partial charge in [0.15, 0.2) is 4.80 Å². The van der Waals surface area contributed by atoms with E-state index in [1.165, 1.54) is 16.9 Å². The number of thiazole rings is 1. The van der Waals surface area contributed by atoms with Crippen LogP contribution in [-0.4, -0.2) is 23.2 Å². The molecule has 6 nitrogen and oxygen atoms in total. The topological polar surface area (TPSA) is 69.9 Å². The number of fused-ring (bicyclic) bond motifs is 1. The highest BCUT2D eigenvalue weighted by molar-refractivity contribution is 9.10. The number of benzene rings is 3. The molecule has 1 aromatic heterocycles. The minimum atomic E-state index is -0.715. The molecule has 0 aliphatic carbocycles. The van der Waals surface area contributed by atoms with Gasteiger partial charge in [0.2, 0.25) is 0 Å². The monoisotopic (exact) mass is 644 g/mol. The van der Waals surface area contributed by atoms with Gasteiger partial charge in [0.25, 0.3) is 5.56 Å². The van der Waals surface area contributed by atoms with Crippen molar-refractivity contribution < 1.29 is 14.3 Å². The van der Waals surface area contributed by atoms with Crippen LogP contribution in [0, 0.1) is 0 Å². The first-order chi connectivity index (χ1) is 20.2. The van der Waals surface area contributed by atoms with Crippen LogP contribution in [0.25, 0.3) is 11.8 Å². The molecule has 0 fully saturated rings. The first kappa shape index (κ1) is 29.7. The number of hydrogen-bond acceptors (Lipinski definition) is 6. The van der Waals surface area contributed by atoms with Crippen LogP contribution in [0.1, 0.15) is 68.8 Å². The molecule has 42 heavy (non-hydrogen) atoms. The number of nitrogens with zero attached hydrogens (tertiary/aromatic N) is 2. The summed E-state index contributed by atoms with van der Waals surface area (Å²) in [6.45, 7) is 10.2. The number of esters is 1. The summed E-state index contributed by atoms with van der Waals surface area (Å²) >= 11 is 4.84. The Balaban J connectivity index is 1.81. The Hall–Kier alpha value is -3.75. The Kier molecular flexibility index (Phi) is 8.94. The van der Waals surface area contributed by atoms with E-state index in [0.717, 1.165) is 21.2 Å². The zero-order valence-electron chi connectivity index (χ0n) is 24.3. The molecule has 2 heterocycles. The molecular formula is C34H33BrN2O4S. The SMILES string of the molecule is CCOC(=O)C1=C(c2ccccc2)N=c2s/c(=C/c3cc(Br)ccc3OC(C)C)c(=O)n2[C@H]1c1ccc(C(C)C)cc1. The highest BCUT2D eigenvalue weighted by atomic mass is 79.9. The van der Waals surface area contributed by atoms with Crippen LogP contribution in [0.15, 0.2) is 92.6 Å². The molecule has 5 rings (SSSR count). The van der Waals surface area contributed by atoms with E-state index in [4.69, 9.17) is 14.5 Å². The molecule has 1 aliphatic heterocycles. The van der Waals surface area contributed by atoms with Crippen LogP contribution in [0.5, 0.6) is 5.75 Å². The van der Waals surface area contributed by atoms with Gasteiger partial charge in [0, 0.05) is 15.6 Å². The van der Waals surface area contributed by atoms with E-state index in [1.807, 2.05) is 80.6 Å². The third-order valence-electron chi connectivity index (χ3n) is 6.91. The van der Waals surface area contributed by atoms with Gasteiger partial charge in [0.05, 0.1) is 34.6 Å². The first-order valence-electron chi connectivity index (χ1n) is 14.0. The summed E-state index contributed by atoms with van der Waals surface area (Å²) in [6.07, 6.45) is 1.80. The Morgan fingerprint density at radius 2 is 1.76 bits per heavy atom. The third kappa shape index (κ3) is 6.05. The highest BCUT2D eigenvalue weighted by Crippen LogP contribution is 2.35.